The van der Waals surface area contributed by atoms with Crippen molar-refractivity contribution in [2.75, 3.05) is 33.4 Å². The first-order valence-corrected chi connectivity index (χ1v) is 35.0. The summed E-state index contributed by atoms with van der Waals surface area (Å²) in [4.78, 5) is 2.52. The fourth-order valence-electron chi connectivity index (χ4n) is 12.0. The molecule has 4 heteroatoms. The number of rotatable bonds is 61. The van der Waals surface area contributed by atoms with Crippen molar-refractivity contribution in [1.29, 1.82) is 0 Å². The predicted molar refractivity (Wildman–Crippen MR) is 334 cm³/mol. The molecule has 4 nitrogen and oxygen atoms in total. The van der Waals surface area contributed by atoms with Gasteiger partial charge in [-0.3, -0.25) is 4.90 Å². The molecule has 0 N–H and O–H groups in total. The lowest BCUT2D eigenvalue weighted by atomic mass is 10.0. The Hall–Kier alpha value is -1.42. The topological polar surface area (TPSA) is 30.9 Å². The molecule has 0 bridgehead atoms. The minimum atomic E-state index is 0.425. The first-order valence-electron chi connectivity index (χ1n) is 35.0. The third kappa shape index (κ3) is 43.1. The Balaban J connectivity index is 1.76. The van der Waals surface area contributed by atoms with Crippen LogP contribution in [0.3, 0.4) is 0 Å². The smallest absolute Gasteiger partial charge is 0.203 e. The molecule has 1 atom stereocenters. The van der Waals surface area contributed by atoms with Crippen molar-refractivity contribution in [1.82, 2.24) is 4.90 Å². The van der Waals surface area contributed by atoms with Crippen molar-refractivity contribution in [3.63, 3.8) is 0 Å². The van der Waals surface area contributed by atoms with E-state index in [0.717, 1.165) is 62.9 Å². The minimum Gasteiger partial charge on any atom is -0.490 e. The normalized spacial score (nSPS) is 13.9. The van der Waals surface area contributed by atoms with Gasteiger partial charge in [-0.15, -0.1) is 0 Å². The Morgan fingerprint density at radius 1 is 0.307 bits per heavy atom. The van der Waals surface area contributed by atoms with E-state index in [0.29, 0.717) is 6.04 Å². The molecule has 1 aromatic rings. The molecule has 0 aromatic heterocycles. The molecular formula is C71H135NO3. The van der Waals surface area contributed by atoms with Gasteiger partial charge in [0.1, 0.15) is 0 Å². The van der Waals surface area contributed by atoms with Crippen LogP contribution in [-0.2, 0) is 0 Å². The predicted octanol–water partition coefficient (Wildman–Crippen LogP) is 24.7. The Labute approximate surface area is 471 Å². The highest BCUT2D eigenvalue weighted by atomic mass is 16.5. The van der Waals surface area contributed by atoms with E-state index in [1.807, 2.05) is 0 Å². The van der Waals surface area contributed by atoms with Crippen LogP contribution in [0.2, 0.25) is 0 Å². The lowest BCUT2D eigenvalue weighted by Crippen LogP contribution is -2.18. The highest BCUT2D eigenvalue weighted by Crippen LogP contribution is 2.43. The molecule has 1 saturated heterocycles. The van der Waals surface area contributed by atoms with Crippen LogP contribution in [0.5, 0.6) is 17.2 Å². The van der Waals surface area contributed by atoms with Gasteiger partial charge in [0.15, 0.2) is 11.5 Å². The number of hydrogen-bond donors (Lipinski definition) is 0. The van der Waals surface area contributed by atoms with E-state index in [2.05, 4.69) is 44.9 Å². The van der Waals surface area contributed by atoms with E-state index in [1.54, 1.807) is 0 Å². The summed E-state index contributed by atoms with van der Waals surface area (Å²) in [6.45, 7) is 10.4. The van der Waals surface area contributed by atoms with E-state index < -0.39 is 0 Å². The molecule has 75 heavy (non-hydrogen) atoms. The van der Waals surface area contributed by atoms with Gasteiger partial charge in [-0.2, -0.15) is 0 Å². The maximum absolute atomic E-state index is 6.76. The Bertz CT molecular complexity index is 1220. The maximum Gasteiger partial charge on any atom is 0.203 e. The van der Waals surface area contributed by atoms with Gasteiger partial charge in [-0.25, -0.2) is 0 Å². The highest BCUT2D eigenvalue weighted by Gasteiger charge is 2.26. The van der Waals surface area contributed by atoms with E-state index in [9.17, 15) is 0 Å². The summed E-state index contributed by atoms with van der Waals surface area (Å²) in [7, 11) is 2.29. The average molecular weight is 1050 g/mol. The monoisotopic (exact) mass is 1050 g/mol. The molecule has 1 aliphatic heterocycles. The molecule has 1 unspecified atom stereocenters. The van der Waals surface area contributed by atoms with Crippen LogP contribution in [0, 0.1) is 0 Å². The summed E-state index contributed by atoms with van der Waals surface area (Å²) in [5, 5.41) is 0. The lowest BCUT2D eigenvalue weighted by molar-refractivity contribution is 0.232. The Morgan fingerprint density at radius 3 is 0.733 bits per heavy atom. The van der Waals surface area contributed by atoms with Gasteiger partial charge in [-0.05, 0) is 63.4 Å². The van der Waals surface area contributed by atoms with Crippen LogP contribution >= 0.6 is 0 Å². The number of likely N-dealkylation sites (tertiary alicyclic amines) is 1. The van der Waals surface area contributed by atoms with Crippen molar-refractivity contribution < 1.29 is 14.2 Å². The number of nitrogens with zero attached hydrogens (tertiary/aromatic N) is 1. The average Bonchev–Trinajstić information content (AvgIpc) is 3.86. The number of unbranched alkanes of at least 4 members (excludes halogenated alkanes) is 51. The second kappa shape index (κ2) is 55.9. The molecular weight excluding hydrogens is 915 g/mol. The van der Waals surface area contributed by atoms with Gasteiger partial charge in [0, 0.05) is 6.04 Å². The van der Waals surface area contributed by atoms with E-state index in [-0.39, 0.29) is 0 Å². The molecule has 0 aliphatic carbocycles. The maximum atomic E-state index is 6.76. The molecule has 0 spiro atoms. The van der Waals surface area contributed by atoms with Crippen LogP contribution < -0.4 is 14.2 Å². The fraction of sp³-hybridized carbons (Fsp3) is 0.915. The molecule has 1 aliphatic rings. The summed E-state index contributed by atoms with van der Waals surface area (Å²) < 4.78 is 20.3. The number of hydrogen-bond acceptors (Lipinski definition) is 4. The first kappa shape index (κ1) is 69.7. The van der Waals surface area contributed by atoms with Gasteiger partial charge in [0.05, 0.1) is 19.8 Å². The zero-order chi connectivity index (χ0) is 53.4. The van der Waals surface area contributed by atoms with Crippen molar-refractivity contribution >= 4 is 0 Å². The summed E-state index contributed by atoms with van der Waals surface area (Å²) >= 11 is 0. The molecule has 0 radical (unpaired) electrons. The van der Waals surface area contributed by atoms with Crippen molar-refractivity contribution in [3.8, 4) is 17.2 Å². The first-order chi connectivity index (χ1) is 37.2. The second-order valence-electron chi connectivity index (χ2n) is 24.6. The number of ether oxygens (including phenoxy) is 3. The minimum absolute atomic E-state index is 0.425. The molecule has 0 amide bonds. The van der Waals surface area contributed by atoms with E-state index in [4.69, 9.17) is 14.2 Å². The quantitative estimate of drug-likeness (QED) is 0.0609. The van der Waals surface area contributed by atoms with Crippen molar-refractivity contribution in [2.24, 2.45) is 0 Å². The van der Waals surface area contributed by atoms with Crippen LogP contribution in [0.15, 0.2) is 12.1 Å². The summed E-state index contributed by atoms with van der Waals surface area (Å²) in [6.07, 6.45) is 77.9. The van der Waals surface area contributed by atoms with Crippen LogP contribution in [0.25, 0.3) is 0 Å². The van der Waals surface area contributed by atoms with E-state index in [1.165, 1.54) is 346 Å². The fourth-order valence-corrected chi connectivity index (χ4v) is 12.0. The Morgan fingerprint density at radius 2 is 0.520 bits per heavy atom. The molecule has 1 fully saturated rings. The van der Waals surface area contributed by atoms with Gasteiger partial charge >= 0.3 is 0 Å². The van der Waals surface area contributed by atoms with Crippen LogP contribution in [0.4, 0.5) is 0 Å². The van der Waals surface area contributed by atoms with Gasteiger partial charge in [0.2, 0.25) is 5.75 Å². The molecule has 0 saturated carbocycles. The third-order valence-corrected chi connectivity index (χ3v) is 17.2. The van der Waals surface area contributed by atoms with Gasteiger partial charge < -0.3 is 14.2 Å². The van der Waals surface area contributed by atoms with Crippen molar-refractivity contribution in [2.45, 2.75) is 386 Å². The highest BCUT2D eigenvalue weighted by molar-refractivity contribution is 5.54. The van der Waals surface area contributed by atoms with Crippen molar-refractivity contribution in [3.05, 3.63) is 17.7 Å². The molecule has 1 heterocycles. The third-order valence-electron chi connectivity index (χ3n) is 17.2. The summed E-state index contributed by atoms with van der Waals surface area (Å²) in [5.41, 5.74) is 1.34. The SMILES string of the molecule is CCCCCCCCCCCCCCCCCCCCOc1cc(C2CCCN2C)cc(OCCCCCCCCCCCCCCCCCCCC)c1OCCCCCCCCCCCCCCCCCCCC. The van der Waals surface area contributed by atoms with Crippen LogP contribution in [0.1, 0.15) is 392 Å². The zero-order valence-corrected chi connectivity index (χ0v) is 51.8. The lowest BCUT2D eigenvalue weighted by Gasteiger charge is -2.24. The number of benzene rings is 1. The second-order valence-corrected chi connectivity index (χ2v) is 24.6. The van der Waals surface area contributed by atoms with Gasteiger partial charge in [0.25, 0.3) is 0 Å². The Kier molecular flexibility index (Phi) is 51.9. The largest absolute Gasteiger partial charge is 0.490 e. The zero-order valence-electron chi connectivity index (χ0n) is 51.8. The molecule has 442 valence electrons. The standard InChI is InChI=1S/C71H135NO3/c1-5-8-11-14-17-20-23-26-29-32-35-38-41-44-47-50-53-56-62-73-69-65-67(68-60-59-61-72(68)4)66-70(74-63-57-54-51-48-45-42-39-36-33-30-27-24-21-18-15-12-9-6-2)71(69)75-64-58-55-52-49-46-43-40-37-34-31-28-25-22-19-16-13-10-7-3/h65-66,68H,5-64H2,1-4H3. The van der Waals surface area contributed by atoms with Gasteiger partial charge in [-0.1, -0.05) is 348 Å². The molecule has 2 rings (SSSR count). The van der Waals surface area contributed by atoms with Crippen LogP contribution in [-0.4, -0.2) is 38.3 Å². The van der Waals surface area contributed by atoms with E-state index >= 15 is 0 Å². The molecule has 1 aromatic carbocycles. The summed E-state index contributed by atoms with van der Waals surface area (Å²) in [6, 6.07) is 5.08. The summed E-state index contributed by atoms with van der Waals surface area (Å²) in [5.74, 6) is 2.72.